The van der Waals surface area contributed by atoms with E-state index in [4.69, 9.17) is 10.2 Å². The van der Waals surface area contributed by atoms with Gasteiger partial charge in [0.1, 0.15) is 0 Å². The van der Waals surface area contributed by atoms with Gasteiger partial charge in [0.2, 0.25) is 5.83 Å². The average Bonchev–Trinajstić information content (AvgIpc) is 2.37. The molecule has 1 unspecified atom stereocenters. The number of carbonyl (C=O) groups is 1. The van der Waals surface area contributed by atoms with Crippen LogP contribution in [-0.2, 0) is 4.79 Å². The lowest BCUT2D eigenvalue weighted by Gasteiger charge is -2.45. The second-order valence-corrected chi connectivity index (χ2v) is 5.21. The van der Waals surface area contributed by atoms with Crippen molar-refractivity contribution < 1.29 is 45.7 Å². The number of hydrogen-bond donors (Lipinski definition) is 2. The topological polar surface area (TPSA) is 57.5 Å². The van der Waals surface area contributed by atoms with Crippen molar-refractivity contribution in [3.63, 3.8) is 0 Å². The molecular formula is C12H13F7O3. The van der Waals surface area contributed by atoms with Gasteiger partial charge < -0.3 is 10.2 Å². The van der Waals surface area contributed by atoms with Crippen molar-refractivity contribution in [2.24, 2.45) is 5.41 Å². The zero-order chi connectivity index (χ0) is 17.4. The number of rotatable bonds is 4. The Morgan fingerprint density at radius 1 is 1.00 bits per heavy atom. The molecule has 1 saturated carbocycles. The van der Waals surface area contributed by atoms with Crippen LogP contribution in [-0.4, -0.2) is 34.1 Å². The Morgan fingerprint density at radius 3 is 1.82 bits per heavy atom. The van der Waals surface area contributed by atoms with E-state index in [1.165, 1.54) is 0 Å². The van der Waals surface area contributed by atoms with Crippen LogP contribution in [0, 0.1) is 5.41 Å². The van der Waals surface area contributed by atoms with E-state index in [0.717, 1.165) is 0 Å². The van der Waals surface area contributed by atoms with E-state index in [-0.39, 0.29) is 18.9 Å². The summed E-state index contributed by atoms with van der Waals surface area (Å²) in [7, 11) is 0. The molecule has 1 atom stereocenters. The Morgan fingerprint density at radius 2 is 1.45 bits per heavy atom. The first kappa shape index (κ1) is 18.7. The Kier molecular flexibility index (Phi) is 4.86. The zero-order valence-electron chi connectivity index (χ0n) is 11.1. The number of allylic oxidation sites excluding steroid dienone is 1. The molecule has 3 nitrogen and oxygen atoms in total. The van der Waals surface area contributed by atoms with Gasteiger partial charge >= 0.3 is 23.9 Å². The molecule has 0 spiro atoms. The van der Waals surface area contributed by atoms with Gasteiger partial charge in [-0.1, -0.05) is 19.3 Å². The predicted molar refractivity (Wildman–Crippen MR) is 59.4 cm³/mol. The maximum absolute atomic E-state index is 14.1. The second kappa shape index (κ2) is 5.71. The number of alkyl halides is 6. The molecular weight excluding hydrogens is 325 g/mol. The Hall–Kier alpha value is -1.32. The maximum Gasteiger partial charge on any atom is 0.454 e. The van der Waals surface area contributed by atoms with Gasteiger partial charge in [-0.15, -0.1) is 0 Å². The molecule has 0 amide bonds. The molecule has 10 heteroatoms. The molecule has 2 N–H and O–H groups in total. The highest BCUT2D eigenvalue weighted by atomic mass is 19.4. The smallest absolute Gasteiger partial charge is 0.454 e. The molecule has 0 aromatic heterocycles. The van der Waals surface area contributed by atoms with E-state index < -0.39 is 48.0 Å². The molecule has 0 bridgehead atoms. The minimum Gasteiger partial charge on any atom is -0.476 e. The van der Waals surface area contributed by atoms with Gasteiger partial charge in [0.15, 0.2) is 0 Å². The van der Waals surface area contributed by atoms with Crippen molar-refractivity contribution >= 4 is 5.97 Å². The van der Waals surface area contributed by atoms with Crippen molar-refractivity contribution in [1.82, 2.24) is 0 Å². The molecule has 0 heterocycles. The van der Waals surface area contributed by atoms with Gasteiger partial charge in [-0.2, -0.15) is 30.7 Å². The first-order chi connectivity index (χ1) is 9.78. The fourth-order valence-corrected chi connectivity index (χ4v) is 2.54. The monoisotopic (exact) mass is 338 g/mol. The van der Waals surface area contributed by atoms with E-state index in [1.54, 1.807) is 0 Å². The summed E-state index contributed by atoms with van der Waals surface area (Å²) < 4.78 is 92.1. The van der Waals surface area contributed by atoms with Gasteiger partial charge in [0, 0.05) is 0 Å². The summed E-state index contributed by atoms with van der Waals surface area (Å²) in [5.74, 6) is -15.8. The molecule has 1 fully saturated rings. The molecule has 0 saturated heterocycles. The number of hydrogen-bond acceptors (Lipinski definition) is 2. The first-order valence-electron chi connectivity index (χ1n) is 6.26. The molecule has 22 heavy (non-hydrogen) atoms. The molecule has 1 aliphatic carbocycles. The van der Waals surface area contributed by atoms with Crippen molar-refractivity contribution in [2.45, 2.75) is 50.1 Å². The number of carboxylic acids is 1. The Labute approximate surface area is 120 Å². The van der Waals surface area contributed by atoms with E-state index in [0.29, 0.717) is 6.42 Å². The highest BCUT2D eigenvalue weighted by Gasteiger charge is 2.77. The lowest BCUT2D eigenvalue weighted by atomic mass is 9.67. The Balaban J connectivity index is 3.44. The van der Waals surface area contributed by atoms with Gasteiger partial charge in [0.05, 0.1) is 5.41 Å². The van der Waals surface area contributed by atoms with Gasteiger partial charge in [0.25, 0.3) is 0 Å². The van der Waals surface area contributed by atoms with Crippen molar-refractivity contribution in [3.05, 3.63) is 11.9 Å². The fourth-order valence-electron chi connectivity index (χ4n) is 2.54. The summed E-state index contributed by atoms with van der Waals surface area (Å²) in [4.78, 5) is 10.4. The minimum absolute atomic E-state index is 0.0904. The third kappa shape index (κ3) is 2.92. The third-order valence-electron chi connectivity index (χ3n) is 3.77. The second-order valence-electron chi connectivity index (χ2n) is 5.21. The van der Waals surface area contributed by atoms with Crippen molar-refractivity contribution in [2.75, 3.05) is 0 Å². The van der Waals surface area contributed by atoms with E-state index in [9.17, 15) is 35.5 Å². The van der Waals surface area contributed by atoms with Crippen LogP contribution in [0.25, 0.3) is 0 Å². The number of aliphatic carboxylic acids is 1. The summed E-state index contributed by atoms with van der Waals surface area (Å²) >= 11 is 0. The average molecular weight is 338 g/mol. The van der Waals surface area contributed by atoms with Gasteiger partial charge in [-0.3, -0.25) is 0 Å². The first-order valence-corrected chi connectivity index (χ1v) is 6.26. The molecule has 1 rings (SSSR count). The highest BCUT2D eigenvalue weighted by molar-refractivity contribution is 5.84. The summed E-state index contributed by atoms with van der Waals surface area (Å²) in [6, 6.07) is 0. The van der Waals surface area contributed by atoms with Gasteiger partial charge in [-0.25, -0.2) is 4.79 Å². The van der Waals surface area contributed by atoms with E-state index in [2.05, 4.69) is 0 Å². The zero-order valence-corrected chi connectivity index (χ0v) is 11.1. The maximum atomic E-state index is 14.1. The summed E-state index contributed by atoms with van der Waals surface area (Å²) in [6.07, 6.45) is -7.97. The summed E-state index contributed by atoms with van der Waals surface area (Å²) in [5.41, 5.74) is -3.08. The highest BCUT2D eigenvalue weighted by Crippen LogP contribution is 2.58. The van der Waals surface area contributed by atoms with E-state index >= 15 is 0 Å². The molecule has 1 aliphatic rings. The van der Waals surface area contributed by atoms with Crippen LogP contribution >= 0.6 is 0 Å². The van der Waals surface area contributed by atoms with Crippen molar-refractivity contribution in [1.29, 1.82) is 0 Å². The van der Waals surface area contributed by atoms with Crippen LogP contribution in [0.5, 0.6) is 0 Å². The number of halogens is 7. The molecule has 0 radical (unpaired) electrons. The van der Waals surface area contributed by atoms with Crippen molar-refractivity contribution in [3.8, 4) is 0 Å². The number of aliphatic hydroxyl groups is 1. The van der Waals surface area contributed by atoms with Crippen LogP contribution in [0.3, 0.4) is 0 Å². The normalized spacial score (nSPS) is 23.0. The lowest BCUT2D eigenvalue weighted by Crippen LogP contribution is -2.63. The fraction of sp³-hybridized carbons (Fsp3) is 0.750. The molecule has 0 aliphatic heterocycles. The van der Waals surface area contributed by atoms with Crippen LogP contribution in [0.2, 0.25) is 0 Å². The summed E-state index contributed by atoms with van der Waals surface area (Å²) in [6.45, 7) is 0. The van der Waals surface area contributed by atoms with Gasteiger partial charge in [-0.05, 0) is 18.9 Å². The van der Waals surface area contributed by atoms with Crippen LogP contribution < -0.4 is 0 Å². The van der Waals surface area contributed by atoms with Crippen LogP contribution in [0.15, 0.2) is 11.9 Å². The minimum atomic E-state index is -6.32. The van der Waals surface area contributed by atoms with Crippen LogP contribution in [0.4, 0.5) is 30.7 Å². The SMILES string of the molecule is O=C(O)C(F)=CC1(C(F)(F)C(O)(F)C(F)(F)F)CCCCC1. The lowest BCUT2D eigenvalue weighted by molar-refractivity contribution is -0.405. The molecule has 0 aromatic carbocycles. The molecule has 128 valence electrons. The summed E-state index contributed by atoms with van der Waals surface area (Å²) in [5, 5.41) is 17.1. The quantitative estimate of drug-likeness (QED) is 0.607. The van der Waals surface area contributed by atoms with Crippen LogP contribution in [0.1, 0.15) is 32.1 Å². The largest absolute Gasteiger partial charge is 0.476 e. The predicted octanol–water partition coefficient (Wildman–Crippen LogP) is 3.73. The molecule has 0 aromatic rings. The van der Waals surface area contributed by atoms with E-state index in [1.807, 2.05) is 0 Å². The third-order valence-corrected chi connectivity index (χ3v) is 3.77. The standard InChI is InChI=1S/C12H13F7O3/c13-7(8(20)21)6-9(4-2-1-3-5-9)10(14,15)11(16,22)12(17,18)19/h6,22H,1-5H2,(H,20,21). The Bertz CT molecular complexity index is 462. The number of carboxylic acid groups (broad SMARTS) is 1.